The van der Waals surface area contributed by atoms with Gasteiger partial charge in [0, 0.05) is 40.0 Å². The molecule has 2 aliphatic heterocycles. The van der Waals surface area contributed by atoms with Crippen LogP contribution in [0.2, 0.25) is 0 Å². The molecular weight excluding hydrogens is 409 g/mol. The smallest absolute Gasteiger partial charge is 0.168 e. The number of aromatic nitrogens is 2. The molecule has 0 amide bonds. The van der Waals surface area contributed by atoms with Crippen molar-refractivity contribution in [3.05, 3.63) is 41.7 Å². The average Bonchev–Trinajstić information content (AvgIpc) is 3.37. The fraction of sp³-hybridized carbons (Fsp3) is 0.545. The zero-order valence-corrected chi connectivity index (χ0v) is 16.9. The van der Waals surface area contributed by atoms with Gasteiger partial charge in [-0.05, 0) is 42.9 Å². The first-order valence-corrected chi connectivity index (χ1v) is 10.5. The monoisotopic (exact) mass is 436 g/mol. The lowest BCUT2D eigenvalue weighted by atomic mass is 10.0. The number of likely N-dealkylation sites (tertiary alicyclic amines) is 1. The van der Waals surface area contributed by atoms with Crippen LogP contribution in [0.5, 0.6) is 0 Å². The maximum absolute atomic E-state index is 14.0. The summed E-state index contributed by atoms with van der Waals surface area (Å²) in [6.45, 7) is 0.931. The topological polar surface area (TPSA) is 59.5 Å². The molecule has 9 heteroatoms. The summed E-state index contributed by atoms with van der Waals surface area (Å²) in [7, 11) is 0. The Labute approximate surface area is 181 Å². The highest BCUT2D eigenvalue weighted by Crippen LogP contribution is 2.39. The molecule has 5 rings (SSSR count). The van der Waals surface area contributed by atoms with Gasteiger partial charge < -0.3 is 19.7 Å². The van der Waals surface area contributed by atoms with Gasteiger partial charge in [-0.2, -0.15) is 0 Å². The van der Waals surface area contributed by atoms with E-state index < -0.39 is 30.1 Å². The molecule has 0 spiro atoms. The number of nitrogens with zero attached hydrogens (tertiary/aromatic N) is 3. The highest BCUT2D eigenvalue weighted by atomic mass is 19.2. The van der Waals surface area contributed by atoms with Crippen molar-refractivity contribution in [3.8, 4) is 11.3 Å². The fourth-order valence-electron chi connectivity index (χ4n) is 4.79. The molecule has 31 heavy (non-hydrogen) atoms. The first-order chi connectivity index (χ1) is 15.8. The van der Waals surface area contributed by atoms with E-state index in [-0.39, 0.29) is 23.9 Å². The van der Waals surface area contributed by atoms with Crippen LogP contribution in [0.4, 0.5) is 19.0 Å². The number of halogens is 3. The van der Waals surface area contributed by atoms with E-state index in [1.165, 1.54) is 6.07 Å². The minimum atomic E-state index is -1.57. The van der Waals surface area contributed by atoms with E-state index in [9.17, 15) is 13.2 Å². The van der Waals surface area contributed by atoms with Crippen molar-refractivity contribution in [2.45, 2.75) is 25.0 Å². The number of hydrogen-bond donors (Lipinski definition) is 1. The van der Waals surface area contributed by atoms with Crippen LogP contribution in [-0.2, 0) is 9.47 Å². The molecule has 1 aliphatic carbocycles. The van der Waals surface area contributed by atoms with Gasteiger partial charge in [0.25, 0.3) is 0 Å². The molecule has 2 aromatic rings. The quantitative estimate of drug-likeness (QED) is 0.727. The van der Waals surface area contributed by atoms with E-state index in [1.54, 1.807) is 6.07 Å². The van der Waals surface area contributed by atoms with E-state index in [0.29, 0.717) is 50.0 Å². The van der Waals surface area contributed by atoms with Crippen molar-refractivity contribution in [2.75, 3.05) is 44.7 Å². The molecule has 1 unspecified atom stereocenters. The number of nitrogens with one attached hydrogen (secondary N) is 1. The zero-order valence-electron chi connectivity index (χ0n) is 18.9. The van der Waals surface area contributed by atoms with Crippen LogP contribution in [-0.4, -0.2) is 66.7 Å². The highest BCUT2D eigenvalue weighted by molar-refractivity contribution is 5.60. The lowest BCUT2D eigenvalue weighted by Crippen LogP contribution is -2.39. The molecule has 3 heterocycles. The van der Waals surface area contributed by atoms with E-state index in [4.69, 9.17) is 12.2 Å². The van der Waals surface area contributed by atoms with Gasteiger partial charge in [-0.25, -0.2) is 13.2 Å². The average molecular weight is 436 g/mol. The first kappa shape index (κ1) is 18.4. The molecule has 1 aromatic heterocycles. The molecule has 166 valence electrons. The van der Waals surface area contributed by atoms with E-state index in [2.05, 4.69) is 15.5 Å². The molecular formula is C22H25F3N4O2. The van der Waals surface area contributed by atoms with E-state index in [1.807, 2.05) is 4.90 Å². The van der Waals surface area contributed by atoms with Crippen LogP contribution in [0.3, 0.4) is 0 Å². The number of hydrogen-bond acceptors (Lipinski definition) is 6. The lowest BCUT2D eigenvalue weighted by molar-refractivity contribution is -0.0964. The summed E-state index contributed by atoms with van der Waals surface area (Å²) in [4.78, 5) is 1.87. The van der Waals surface area contributed by atoms with Crippen molar-refractivity contribution < 1.29 is 25.4 Å². The molecule has 1 N–H and O–H groups in total. The zero-order chi connectivity index (χ0) is 23.2. The lowest BCUT2D eigenvalue weighted by Gasteiger charge is -2.28. The molecule has 1 saturated carbocycles. The predicted octanol–water partition coefficient (Wildman–Crippen LogP) is 3.10. The summed E-state index contributed by atoms with van der Waals surface area (Å²) < 4.78 is 69.0. The van der Waals surface area contributed by atoms with Crippen LogP contribution >= 0.6 is 0 Å². The van der Waals surface area contributed by atoms with Gasteiger partial charge in [0.1, 0.15) is 11.6 Å². The summed E-state index contributed by atoms with van der Waals surface area (Å²) in [6.07, 6.45) is 1.16. The van der Waals surface area contributed by atoms with Crippen LogP contribution in [0.1, 0.15) is 15.6 Å². The van der Waals surface area contributed by atoms with E-state index in [0.717, 1.165) is 18.9 Å². The molecule has 6 nitrogen and oxygen atoms in total. The number of ether oxygens (including phenoxy) is 2. The normalized spacial score (nSPS) is 30.0. The first-order valence-electron chi connectivity index (χ1n) is 11.5. The SMILES string of the molecule is [2H]C([2H])([C@H]1COCCO1)N1C[C@H]2CC(Nc3ccc(-c4cc(F)cc(F)c4F)nn3)C[C@H]2C1. The van der Waals surface area contributed by atoms with Gasteiger partial charge in [-0.3, -0.25) is 0 Å². The van der Waals surface area contributed by atoms with Crippen LogP contribution < -0.4 is 5.32 Å². The molecule has 3 fully saturated rings. The second-order valence-corrected chi connectivity index (χ2v) is 8.35. The second kappa shape index (κ2) is 8.72. The second-order valence-electron chi connectivity index (χ2n) is 8.35. The van der Waals surface area contributed by atoms with E-state index >= 15 is 0 Å². The Morgan fingerprint density at radius 1 is 1.10 bits per heavy atom. The Balaban J connectivity index is 1.19. The Morgan fingerprint density at radius 2 is 1.90 bits per heavy atom. The van der Waals surface area contributed by atoms with Crippen molar-refractivity contribution in [2.24, 2.45) is 11.8 Å². The Hall–Kier alpha value is -2.23. The highest BCUT2D eigenvalue weighted by Gasteiger charge is 2.41. The van der Waals surface area contributed by atoms with Gasteiger partial charge in [0.15, 0.2) is 11.6 Å². The summed E-state index contributed by atoms with van der Waals surface area (Å²) in [6, 6.07) is 4.63. The molecule has 1 aromatic carbocycles. The van der Waals surface area contributed by atoms with Gasteiger partial charge in [0.05, 0.1) is 31.6 Å². The van der Waals surface area contributed by atoms with Gasteiger partial charge >= 0.3 is 0 Å². The molecule has 0 radical (unpaired) electrons. The maximum Gasteiger partial charge on any atom is 0.168 e. The molecule has 2 saturated heterocycles. The number of anilines is 1. The Bertz CT molecular complexity index is 994. The number of benzene rings is 1. The number of fused-ring (bicyclic) bond motifs is 1. The maximum atomic E-state index is 14.0. The summed E-state index contributed by atoms with van der Waals surface area (Å²) in [5, 5.41) is 11.3. The molecule has 0 bridgehead atoms. The largest absolute Gasteiger partial charge is 0.376 e. The minimum Gasteiger partial charge on any atom is -0.376 e. The summed E-state index contributed by atoms with van der Waals surface area (Å²) >= 11 is 0. The third kappa shape index (κ3) is 4.53. The third-order valence-corrected chi connectivity index (χ3v) is 6.18. The predicted molar refractivity (Wildman–Crippen MR) is 108 cm³/mol. The minimum absolute atomic E-state index is 0.0477. The van der Waals surface area contributed by atoms with Crippen LogP contribution in [0.15, 0.2) is 24.3 Å². The summed E-state index contributed by atoms with van der Waals surface area (Å²) in [5.74, 6) is -2.10. The third-order valence-electron chi connectivity index (χ3n) is 6.18. The van der Waals surface area contributed by atoms with Crippen LogP contribution in [0, 0.1) is 29.3 Å². The Morgan fingerprint density at radius 3 is 2.58 bits per heavy atom. The van der Waals surface area contributed by atoms with Crippen molar-refractivity contribution in [1.29, 1.82) is 0 Å². The van der Waals surface area contributed by atoms with Gasteiger partial charge in [-0.1, -0.05) is 0 Å². The van der Waals surface area contributed by atoms with Crippen LogP contribution in [0.25, 0.3) is 11.3 Å². The Kier molecular flexibility index (Phi) is 5.16. The van der Waals surface area contributed by atoms with Gasteiger partial charge in [-0.15, -0.1) is 10.2 Å². The molecule has 3 aliphatic rings. The van der Waals surface area contributed by atoms with Crippen molar-refractivity contribution in [3.63, 3.8) is 0 Å². The van der Waals surface area contributed by atoms with Crippen molar-refractivity contribution in [1.82, 2.24) is 15.1 Å². The molecule has 4 atom stereocenters. The van der Waals surface area contributed by atoms with Gasteiger partial charge in [0.2, 0.25) is 0 Å². The fourth-order valence-corrected chi connectivity index (χ4v) is 4.79. The van der Waals surface area contributed by atoms with Crippen molar-refractivity contribution >= 4 is 5.82 Å². The summed E-state index contributed by atoms with van der Waals surface area (Å²) in [5.41, 5.74) is -0.227. The number of rotatable bonds is 5. The standard InChI is InChI=1S/C22H25F3N4O2/c23-15-7-18(22(25)19(24)8-15)20-1-2-21(28-27-20)26-16-5-13-9-29(10-14(13)6-16)11-17-12-30-3-4-31-17/h1-2,7-8,13-14,16-17H,3-6,9-12H2,(H,26,28)/t13-,14+,16?,17-/m0/s1/i11D2.